The summed E-state index contributed by atoms with van der Waals surface area (Å²) in [7, 11) is 0. The van der Waals surface area contributed by atoms with Gasteiger partial charge in [-0.1, -0.05) is 0 Å². The Hall–Kier alpha value is -1.33. The molecule has 2 atom stereocenters. The predicted octanol–water partition coefficient (Wildman–Crippen LogP) is 1.42. The van der Waals surface area contributed by atoms with E-state index in [2.05, 4.69) is 0 Å². The number of likely N-dealkylation sites (tertiary alicyclic amines) is 1. The first-order valence-corrected chi connectivity index (χ1v) is 5.35. The molecule has 0 bridgehead atoms. The van der Waals surface area contributed by atoms with E-state index in [9.17, 15) is 14.0 Å². The number of rotatable bonds is 3. The maximum absolute atomic E-state index is 13.5. The lowest BCUT2D eigenvalue weighted by atomic mass is 9.98. The number of carboxylic acid groups (broad SMARTS) is 1. The summed E-state index contributed by atoms with van der Waals surface area (Å²) >= 11 is 0. The van der Waals surface area contributed by atoms with Gasteiger partial charge in [0.05, 0.1) is 19.1 Å². The average Bonchev–Trinajstić information content (AvgIpc) is 2.21. The third-order valence-electron chi connectivity index (χ3n) is 2.62. The van der Waals surface area contributed by atoms with E-state index in [1.54, 1.807) is 6.92 Å². The summed E-state index contributed by atoms with van der Waals surface area (Å²) < 4.78 is 18.2. The highest BCUT2D eigenvalue weighted by molar-refractivity contribution is 5.72. The van der Waals surface area contributed by atoms with Gasteiger partial charge in [0.1, 0.15) is 6.17 Å². The standard InChI is InChI=1S/C10H16FNO4/c1-2-16-9(13)6-8-7(11)4-3-5-12(8)10(14)15/h7-8H,2-6H2,1H3,(H,14,15). The van der Waals surface area contributed by atoms with Crippen molar-refractivity contribution in [3.8, 4) is 0 Å². The minimum absolute atomic E-state index is 0.207. The number of alkyl halides is 1. The fraction of sp³-hybridized carbons (Fsp3) is 0.800. The van der Waals surface area contributed by atoms with Crippen LogP contribution in [0.5, 0.6) is 0 Å². The molecule has 1 aliphatic heterocycles. The van der Waals surface area contributed by atoms with Gasteiger partial charge >= 0.3 is 12.1 Å². The maximum Gasteiger partial charge on any atom is 0.407 e. The summed E-state index contributed by atoms with van der Waals surface area (Å²) in [5.74, 6) is -0.552. The van der Waals surface area contributed by atoms with Crippen LogP contribution in [0, 0.1) is 0 Å². The Morgan fingerprint density at radius 2 is 2.25 bits per heavy atom. The van der Waals surface area contributed by atoms with Gasteiger partial charge in [0.15, 0.2) is 0 Å². The Bertz CT molecular complexity index is 272. The van der Waals surface area contributed by atoms with E-state index in [4.69, 9.17) is 9.84 Å². The summed E-state index contributed by atoms with van der Waals surface area (Å²) in [6, 6.07) is -0.898. The van der Waals surface area contributed by atoms with E-state index in [1.165, 1.54) is 0 Å². The zero-order valence-corrected chi connectivity index (χ0v) is 9.19. The van der Waals surface area contributed by atoms with Crippen molar-refractivity contribution in [2.45, 2.75) is 38.4 Å². The zero-order valence-electron chi connectivity index (χ0n) is 9.19. The lowest BCUT2D eigenvalue weighted by Gasteiger charge is -2.35. The van der Waals surface area contributed by atoms with Crippen molar-refractivity contribution in [1.29, 1.82) is 0 Å². The minimum atomic E-state index is -1.28. The van der Waals surface area contributed by atoms with Crippen molar-refractivity contribution >= 4 is 12.1 Å². The molecule has 1 saturated heterocycles. The molecule has 0 saturated carbocycles. The second kappa shape index (κ2) is 5.67. The molecule has 0 aliphatic carbocycles. The first kappa shape index (κ1) is 12.7. The van der Waals surface area contributed by atoms with Crippen LogP contribution in [-0.4, -0.2) is 47.4 Å². The van der Waals surface area contributed by atoms with E-state index in [0.717, 1.165) is 4.90 Å². The molecule has 16 heavy (non-hydrogen) atoms. The molecule has 5 nitrogen and oxygen atoms in total. The molecule has 0 aromatic rings. The van der Waals surface area contributed by atoms with Crippen molar-refractivity contribution in [3.05, 3.63) is 0 Å². The number of carbonyl (C=O) groups is 2. The molecule has 1 heterocycles. The molecular formula is C10H16FNO4. The Labute approximate surface area is 93.2 Å². The predicted molar refractivity (Wildman–Crippen MR) is 53.9 cm³/mol. The summed E-state index contributed by atoms with van der Waals surface area (Å²) in [6.07, 6.45) is -1.88. The van der Waals surface area contributed by atoms with Gasteiger partial charge in [-0.3, -0.25) is 4.79 Å². The third kappa shape index (κ3) is 3.08. The van der Waals surface area contributed by atoms with Crippen molar-refractivity contribution in [2.24, 2.45) is 0 Å². The molecule has 92 valence electrons. The number of amides is 1. The molecule has 1 fully saturated rings. The third-order valence-corrected chi connectivity index (χ3v) is 2.62. The monoisotopic (exact) mass is 233 g/mol. The van der Waals surface area contributed by atoms with Crippen LogP contribution in [0.2, 0.25) is 0 Å². The minimum Gasteiger partial charge on any atom is -0.466 e. The van der Waals surface area contributed by atoms with E-state index in [0.29, 0.717) is 12.8 Å². The lowest BCUT2D eigenvalue weighted by molar-refractivity contribution is -0.145. The molecule has 1 amide bonds. The van der Waals surface area contributed by atoms with Gasteiger partial charge in [-0.25, -0.2) is 9.18 Å². The van der Waals surface area contributed by atoms with Crippen molar-refractivity contribution in [3.63, 3.8) is 0 Å². The van der Waals surface area contributed by atoms with Crippen LogP contribution in [0.3, 0.4) is 0 Å². The lowest BCUT2D eigenvalue weighted by Crippen LogP contribution is -2.50. The summed E-state index contributed by atoms with van der Waals surface area (Å²) in [4.78, 5) is 23.1. The number of carbonyl (C=O) groups excluding carboxylic acids is 1. The normalized spacial score (nSPS) is 25.2. The summed E-state index contributed by atoms with van der Waals surface area (Å²) in [5.41, 5.74) is 0. The molecule has 0 spiro atoms. The highest BCUT2D eigenvalue weighted by atomic mass is 19.1. The summed E-state index contributed by atoms with van der Waals surface area (Å²) in [5, 5.41) is 8.88. The Balaban J connectivity index is 2.63. The Morgan fingerprint density at radius 1 is 1.56 bits per heavy atom. The number of ether oxygens (including phenoxy) is 1. The smallest absolute Gasteiger partial charge is 0.407 e. The zero-order chi connectivity index (χ0) is 12.1. The number of nitrogens with zero attached hydrogens (tertiary/aromatic N) is 1. The molecule has 0 aromatic carbocycles. The molecule has 0 aromatic heterocycles. The number of halogens is 1. The van der Waals surface area contributed by atoms with Crippen molar-refractivity contribution in [2.75, 3.05) is 13.2 Å². The van der Waals surface area contributed by atoms with E-state index >= 15 is 0 Å². The highest BCUT2D eigenvalue weighted by Gasteiger charge is 2.36. The second-order valence-electron chi connectivity index (χ2n) is 3.71. The molecule has 1 rings (SSSR count). The van der Waals surface area contributed by atoms with Gasteiger partial charge in [0, 0.05) is 6.54 Å². The maximum atomic E-state index is 13.5. The fourth-order valence-electron chi connectivity index (χ4n) is 1.88. The topological polar surface area (TPSA) is 66.8 Å². The Morgan fingerprint density at radius 3 is 2.81 bits per heavy atom. The van der Waals surface area contributed by atoms with Crippen LogP contribution in [0.1, 0.15) is 26.2 Å². The van der Waals surface area contributed by atoms with E-state index in [-0.39, 0.29) is 19.6 Å². The van der Waals surface area contributed by atoms with Crippen LogP contribution >= 0.6 is 0 Å². The van der Waals surface area contributed by atoms with Crippen molar-refractivity contribution < 1.29 is 23.8 Å². The summed E-state index contributed by atoms with van der Waals surface area (Å²) in [6.45, 7) is 2.15. The number of hydrogen-bond acceptors (Lipinski definition) is 3. The first-order valence-electron chi connectivity index (χ1n) is 5.35. The quantitative estimate of drug-likeness (QED) is 0.748. The van der Waals surface area contributed by atoms with Gasteiger partial charge in [-0.15, -0.1) is 0 Å². The van der Waals surface area contributed by atoms with Crippen LogP contribution in [0.25, 0.3) is 0 Å². The van der Waals surface area contributed by atoms with Crippen LogP contribution in [-0.2, 0) is 9.53 Å². The highest BCUT2D eigenvalue weighted by Crippen LogP contribution is 2.23. The van der Waals surface area contributed by atoms with Gasteiger partial charge in [-0.2, -0.15) is 0 Å². The van der Waals surface area contributed by atoms with E-state index in [1.807, 2.05) is 0 Å². The van der Waals surface area contributed by atoms with Crippen molar-refractivity contribution in [1.82, 2.24) is 4.90 Å². The average molecular weight is 233 g/mol. The van der Waals surface area contributed by atoms with Gasteiger partial charge in [0.25, 0.3) is 0 Å². The van der Waals surface area contributed by atoms with Crippen LogP contribution in [0.15, 0.2) is 0 Å². The molecule has 6 heteroatoms. The number of esters is 1. The Kier molecular flexibility index (Phi) is 4.52. The molecular weight excluding hydrogens is 217 g/mol. The van der Waals surface area contributed by atoms with Crippen LogP contribution in [0.4, 0.5) is 9.18 Å². The molecule has 1 aliphatic rings. The van der Waals surface area contributed by atoms with Gasteiger partial charge in [-0.05, 0) is 19.8 Å². The molecule has 0 radical (unpaired) electrons. The first-order chi connectivity index (χ1) is 7.56. The molecule has 1 N–H and O–H groups in total. The second-order valence-corrected chi connectivity index (χ2v) is 3.71. The van der Waals surface area contributed by atoms with Gasteiger partial charge in [0.2, 0.25) is 0 Å². The van der Waals surface area contributed by atoms with Crippen LogP contribution < -0.4 is 0 Å². The number of piperidine rings is 1. The largest absolute Gasteiger partial charge is 0.466 e. The fourth-order valence-corrected chi connectivity index (χ4v) is 1.88. The number of hydrogen-bond donors (Lipinski definition) is 1. The van der Waals surface area contributed by atoms with Gasteiger partial charge < -0.3 is 14.7 Å². The van der Waals surface area contributed by atoms with E-state index < -0.39 is 24.3 Å². The SMILES string of the molecule is CCOC(=O)CC1C(F)CCCN1C(=O)O. The molecule has 2 unspecified atom stereocenters.